The zero-order valence-corrected chi connectivity index (χ0v) is 12.9. The molecule has 0 bridgehead atoms. The molecule has 0 aliphatic heterocycles. The van der Waals surface area contributed by atoms with Crippen molar-refractivity contribution in [1.82, 2.24) is 0 Å². The second kappa shape index (κ2) is 7.48. The lowest BCUT2D eigenvalue weighted by Crippen LogP contribution is -2.06. The molecule has 0 radical (unpaired) electrons. The highest BCUT2D eigenvalue weighted by Gasteiger charge is 2.13. The van der Waals surface area contributed by atoms with Crippen LogP contribution < -0.4 is 0 Å². The SMILES string of the molecule is CC.Cc1cc(O)cc(-c2ccc(C(C)C(=O)O)cc2)c1. The Balaban J connectivity index is 0.00000106. The number of phenolic OH excluding ortho intramolecular Hbond substituents is 1. The van der Waals surface area contributed by atoms with Crippen LogP contribution >= 0.6 is 0 Å². The normalized spacial score (nSPS) is 11.2. The van der Waals surface area contributed by atoms with Gasteiger partial charge < -0.3 is 10.2 Å². The van der Waals surface area contributed by atoms with Gasteiger partial charge in [0.05, 0.1) is 5.92 Å². The summed E-state index contributed by atoms with van der Waals surface area (Å²) < 4.78 is 0. The smallest absolute Gasteiger partial charge is 0.310 e. The molecule has 0 spiro atoms. The molecule has 2 rings (SSSR count). The van der Waals surface area contributed by atoms with Gasteiger partial charge in [-0.05, 0) is 48.2 Å². The molecular formula is C18H22O3. The third kappa shape index (κ3) is 4.35. The molecule has 112 valence electrons. The number of aromatic hydroxyl groups is 1. The zero-order chi connectivity index (χ0) is 16.0. The Morgan fingerprint density at radius 1 is 1.00 bits per heavy atom. The van der Waals surface area contributed by atoms with Crippen molar-refractivity contribution in [3.63, 3.8) is 0 Å². The molecule has 2 N–H and O–H groups in total. The van der Waals surface area contributed by atoms with Crippen LogP contribution in [0.1, 0.15) is 37.8 Å². The van der Waals surface area contributed by atoms with E-state index >= 15 is 0 Å². The fourth-order valence-corrected chi connectivity index (χ4v) is 2.04. The Morgan fingerprint density at radius 3 is 2.05 bits per heavy atom. The summed E-state index contributed by atoms with van der Waals surface area (Å²) in [6.07, 6.45) is 0. The van der Waals surface area contributed by atoms with E-state index in [1.165, 1.54) is 0 Å². The van der Waals surface area contributed by atoms with E-state index in [1.807, 2.05) is 51.1 Å². The van der Waals surface area contributed by atoms with E-state index in [2.05, 4.69) is 0 Å². The first kappa shape index (κ1) is 16.8. The highest BCUT2D eigenvalue weighted by molar-refractivity contribution is 5.76. The van der Waals surface area contributed by atoms with Crippen LogP contribution in [0.15, 0.2) is 42.5 Å². The van der Waals surface area contributed by atoms with Gasteiger partial charge in [0.25, 0.3) is 0 Å². The number of carboxylic acids is 1. The molecule has 21 heavy (non-hydrogen) atoms. The lowest BCUT2D eigenvalue weighted by Gasteiger charge is -2.09. The van der Waals surface area contributed by atoms with Crippen LogP contribution in [0, 0.1) is 6.92 Å². The third-order valence-corrected chi connectivity index (χ3v) is 3.18. The lowest BCUT2D eigenvalue weighted by atomic mass is 9.97. The predicted molar refractivity (Wildman–Crippen MR) is 85.7 cm³/mol. The summed E-state index contributed by atoms with van der Waals surface area (Å²) in [4.78, 5) is 10.9. The van der Waals surface area contributed by atoms with Crippen molar-refractivity contribution < 1.29 is 15.0 Å². The summed E-state index contributed by atoms with van der Waals surface area (Å²) in [5.41, 5.74) is 3.64. The summed E-state index contributed by atoms with van der Waals surface area (Å²) in [5.74, 6) is -1.11. The first-order valence-corrected chi connectivity index (χ1v) is 7.11. The fraction of sp³-hybridized carbons (Fsp3) is 0.278. The van der Waals surface area contributed by atoms with E-state index in [0.29, 0.717) is 0 Å². The highest BCUT2D eigenvalue weighted by Crippen LogP contribution is 2.27. The molecule has 3 nitrogen and oxygen atoms in total. The van der Waals surface area contributed by atoms with Crippen LogP contribution in [0.3, 0.4) is 0 Å². The van der Waals surface area contributed by atoms with Crippen LogP contribution in [0.25, 0.3) is 11.1 Å². The van der Waals surface area contributed by atoms with Crippen LogP contribution in [-0.4, -0.2) is 16.2 Å². The number of rotatable bonds is 3. The van der Waals surface area contributed by atoms with Gasteiger partial charge in [0, 0.05) is 0 Å². The summed E-state index contributed by atoms with van der Waals surface area (Å²) in [6.45, 7) is 7.58. The second-order valence-electron chi connectivity index (χ2n) is 4.74. The molecule has 3 heteroatoms. The van der Waals surface area contributed by atoms with E-state index in [-0.39, 0.29) is 5.75 Å². The van der Waals surface area contributed by atoms with Crippen molar-refractivity contribution in [2.75, 3.05) is 0 Å². The number of hydrogen-bond acceptors (Lipinski definition) is 2. The molecule has 2 aromatic rings. The van der Waals surface area contributed by atoms with Gasteiger partial charge in [0.2, 0.25) is 0 Å². The zero-order valence-electron chi connectivity index (χ0n) is 12.9. The maximum atomic E-state index is 10.9. The van der Waals surface area contributed by atoms with Crippen molar-refractivity contribution in [1.29, 1.82) is 0 Å². The number of aryl methyl sites for hydroxylation is 1. The molecule has 0 saturated carbocycles. The number of carbonyl (C=O) groups is 1. The maximum absolute atomic E-state index is 10.9. The molecule has 0 saturated heterocycles. The summed E-state index contributed by atoms with van der Waals surface area (Å²) in [6, 6.07) is 12.8. The minimum absolute atomic E-state index is 0.234. The highest BCUT2D eigenvalue weighted by atomic mass is 16.4. The molecule has 0 aliphatic rings. The van der Waals surface area contributed by atoms with Gasteiger partial charge in [0.1, 0.15) is 5.75 Å². The van der Waals surface area contributed by atoms with Crippen molar-refractivity contribution in [2.24, 2.45) is 0 Å². The molecule has 0 aliphatic carbocycles. The number of phenols is 1. The van der Waals surface area contributed by atoms with Crippen molar-refractivity contribution in [2.45, 2.75) is 33.6 Å². The van der Waals surface area contributed by atoms with Crippen molar-refractivity contribution in [3.05, 3.63) is 53.6 Å². The van der Waals surface area contributed by atoms with Crippen LogP contribution in [0.5, 0.6) is 5.75 Å². The Labute approximate surface area is 125 Å². The molecule has 0 aromatic heterocycles. The minimum atomic E-state index is -0.832. The monoisotopic (exact) mass is 286 g/mol. The Hall–Kier alpha value is -2.29. The van der Waals surface area contributed by atoms with Crippen molar-refractivity contribution >= 4 is 5.97 Å². The molecule has 0 heterocycles. The topological polar surface area (TPSA) is 57.5 Å². The summed E-state index contributed by atoms with van der Waals surface area (Å²) in [5, 5.41) is 18.6. The fourth-order valence-electron chi connectivity index (χ4n) is 2.04. The first-order valence-electron chi connectivity index (χ1n) is 7.11. The summed E-state index contributed by atoms with van der Waals surface area (Å²) in [7, 11) is 0. The van der Waals surface area contributed by atoms with E-state index < -0.39 is 11.9 Å². The first-order chi connectivity index (χ1) is 9.97. The van der Waals surface area contributed by atoms with Gasteiger partial charge >= 0.3 is 5.97 Å². The summed E-state index contributed by atoms with van der Waals surface area (Å²) >= 11 is 0. The van der Waals surface area contributed by atoms with Gasteiger partial charge in [-0.1, -0.05) is 44.2 Å². The minimum Gasteiger partial charge on any atom is -0.508 e. The van der Waals surface area contributed by atoms with E-state index in [0.717, 1.165) is 22.3 Å². The van der Waals surface area contributed by atoms with Crippen LogP contribution in [-0.2, 0) is 4.79 Å². The van der Waals surface area contributed by atoms with E-state index in [1.54, 1.807) is 19.1 Å². The van der Waals surface area contributed by atoms with Gasteiger partial charge in [0.15, 0.2) is 0 Å². The van der Waals surface area contributed by atoms with Gasteiger partial charge in [-0.3, -0.25) is 4.79 Å². The Kier molecular flexibility index (Phi) is 5.97. The molecule has 2 aromatic carbocycles. The van der Waals surface area contributed by atoms with E-state index in [4.69, 9.17) is 5.11 Å². The average molecular weight is 286 g/mol. The molecule has 1 unspecified atom stereocenters. The number of benzene rings is 2. The quantitative estimate of drug-likeness (QED) is 0.868. The standard InChI is InChI=1S/C16H16O3.C2H6/c1-10-7-14(9-15(17)8-10)13-5-3-12(4-6-13)11(2)16(18)19;1-2/h3-9,11,17H,1-2H3,(H,18,19);1-2H3. The van der Waals surface area contributed by atoms with Crippen LogP contribution in [0.4, 0.5) is 0 Å². The average Bonchev–Trinajstić information content (AvgIpc) is 2.47. The number of carboxylic acid groups (broad SMARTS) is 1. The Bertz CT molecular complexity index is 580. The Morgan fingerprint density at radius 2 is 1.57 bits per heavy atom. The largest absolute Gasteiger partial charge is 0.508 e. The third-order valence-electron chi connectivity index (χ3n) is 3.18. The van der Waals surface area contributed by atoms with Gasteiger partial charge in [-0.15, -0.1) is 0 Å². The van der Waals surface area contributed by atoms with Gasteiger partial charge in [-0.2, -0.15) is 0 Å². The predicted octanol–water partition coefficient (Wildman–Crippen LogP) is 4.58. The van der Waals surface area contributed by atoms with Crippen LogP contribution in [0.2, 0.25) is 0 Å². The van der Waals surface area contributed by atoms with E-state index in [9.17, 15) is 9.90 Å². The molecule has 0 amide bonds. The number of hydrogen-bond donors (Lipinski definition) is 2. The number of aliphatic carboxylic acids is 1. The van der Waals surface area contributed by atoms with Crippen molar-refractivity contribution in [3.8, 4) is 16.9 Å². The molecule has 0 fully saturated rings. The molecular weight excluding hydrogens is 264 g/mol. The molecule has 1 atom stereocenters. The van der Waals surface area contributed by atoms with Gasteiger partial charge in [-0.25, -0.2) is 0 Å². The lowest BCUT2D eigenvalue weighted by molar-refractivity contribution is -0.138. The maximum Gasteiger partial charge on any atom is 0.310 e. The second-order valence-corrected chi connectivity index (χ2v) is 4.74.